The van der Waals surface area contributed by atoms with Gasteiger partial charge in [-0.25, -0.2) is 0 Å². The second-order valence-electron chi connectivity index (χ2n) is 11.6. The first-order valence-electron chi connectivity index (χ1n) is 12.0. The van der Waals surface area contributed by atoms with Crippen LogP contribution in [-0.2, 0) is 22.6 Å². The molecule has 0 saturated heterocycles. The first-order chi connectivity index (χ1) is 14.9. The molecule has 6 heteroatoms. The Labute approximate surface area is 189 Å². The van der Waals surface area contributed by atoms with E-state index < -0.39 is 23.2 Å². The quantitative estimate of drug-likeness (QED) is 0.642. The predicted octanol–water partition coefficient (Wildman–Crippen LogP) is 3.82. The molecule has 0 unspecified atom stereocenters. The van der Waals surface area contributed by atoms with E-state index in [9.17, 15) is 20.1 Å². The number of aromatic hydroxyl groups is 1. The first-order valence-corrected chi connectivity index (χ1v) is 12.0. The lowest BCUT2D eigenvalue weighted by Gasteiger charge is -2.64. The van der Waals surface area contributed by atoms with E-state index in [0.717, 1.165) is 29.5 Å². The molecule has 2 fully saturated rings. The zero-order chi connectivity index (χ0) is 23.2. The number of carbonyl (C=O) groups excluding carboxylic acids is 1. The Hall–Kier alpha value is -1.63. The van der Waals surface area contributed by atoms with Gasteiger partial charge in [-0.15, -0.1) is 0 Å². The Morgan fingerprint density at radius 1 is 1.22 bits per heavy atom. The zero-order valence-corrected chi connectivity index (χ0v) is 19.8. The summed E-state index contributed by atoms with van der Waals surface area (Å²) in [6, 6.07) is 1.77. The largest absolute Gasteiger partial charge is 0.508 e. The summed E-state index contributed by atoms with van der Waals surface area (Å²) in [5.74, 6) is 1.32. The molecule has 2 aliphatic carbocycles. The van der Waals surface area contributed by atoms with Crippen molar-refractivity contribution in [1.82, 2.24) is 0 Å². The fraction of sp³-hybridized carbons (Fsp3) is 0.731. The summed E-state index contributed by atoms with van der Waals surface area (Å²) in [6.45, 7) is 10.4. The molecule has 176 valence electrons. The predicted molar refractivity (Wildman–Crippen MR) is 118 cm³/mol. The molecule has 2 heterocycles. The molecule has 5 rings (SSSR count). The molecule has 0 radical (unpaired) electrons. The standard InChI is InChI=1S/C26H36O6/c1-13-6-7-20-24(3,4)23(30)18(29)11-25(20,5)26(13)10-16-17(28)9-15-12-31-19(8-14(2)27)21(15)22(16)32-26/h9,13,18-20,23,28-30H,6-8,10-12H2,1-5H3/t13-,18-,19-,20+,23-,25+,26-/m1/s1. The number of benzene rings is 1. The Morgan fingerprint density at radius 3 is 2.62 bits per heavy atom. The van der Waals surface area contributed by atoms with Crippen LogP contribution in [0.2, 0.25) is 0 Å². The van der Waals surface area contributed by atoms with Gasteiger partial charge in [-0.2, -0.15) is 0 Å². The molecule has 3 N–H and O–H groups in total. The lowest BCUT2D eigenvalue weighted by Crippen LogP contribution is -2.69. The van der Waals surface area contributed by atoms with Crippen LogP contribution in [0.5, 0.6) is 11.5 Å². The summed E-state index contributed by atoms with van der Waals surface area (Å²) in [5.41, 5.74) is 1.12. The van der Waals surface area contributed by atoms with Gasteiger partial charge in [0, 0.05) is 29.4 Å². The van der Waals surface area contributed by atoms with Gasteiger partial charge in [0.05, 0.1) is 24.9 Å². The number of hydrogen-bond donors (Lipinski definition) is 3. The van der Waals surface area contributed by atoms with Crippen LogP contribution in [0, 0.1) is 22.7 Å². The van der Waals surface area contributed by atoms with E-state index >= 15 is 0 Å². The maximum absolute atomic E-state index is 11.9. The van der Waals surface area contributed by atoms with Crippen LogP contribution < -0.4 is 4.74 Å². The summed E-state index contributed by atoms with van der Waals surface area (Å²) in [5, 5.41) is 32.7. The molecule has 2 saturated carbocycles. The second kappa shape index (κ2) is 6.94. The van der Waals surface area contributed by atoms with Crippen molar-refractivity contribution < 1.29 is 29.6 Å². The van der Waals surface area contributed by atoms with E-state index in [2.05, 4.69) is 27.7 Å². The topological polar surface area (TPSA) is 96.2 Å². The molecule has 1 aromatic carbocycles. The number of aliphatic hydroxyl groups excluding tert-OH is 2. The molecule has 0 bridgehead atoms. The summed E-state index contributed by atoms with van der Waals surface area (Å²) < 4.78 is 12.9. The molecule has 2 aliphatic heterocycles. The molecule has 0 amide bonds. The SMILES string of the molecule is CC(=O)C[C@H]1OCc2cc(O)c3c(c21)O[C@]1(C3)[C@H](C)CC[C@H]2C(C)(C)[C@H](O)[C@H](O)C[C@@]21C. The first kappa shape index (κ1) is 22.2. The Morgan fingerprint density at radius 2 is 1.94 bits per heavy atom. The van der Waals surface area contributed by atoms with Crippen molar-refractivity contribution >= 4 is 5.78 Å². The van der Waals surface area contributed by atoms with Crippen molar-refractivity contribution in [3.8, 4) is 11.5 Å². The highest BCUT2D eigenvalue weighted by Gasteiger charge is 2.68. The van der Waals surface area contributed by atoms with Crippen molar-refractivity contribution in [2.24, 2.45) is 22.7 Å². The fourth-order valence-corrected chi connectivity index (χ4v) is 7.87. The minimum Gasteiger partial charge on any atom is -0.508 e. The summed E-state index contributed by atoms with van der Waals surface area (Å²) in [7, 11) is 0. The number of ether oxygens (including phenoxy) is 2. The van der Waals surface area contributed by atoms with Crippen molar-refractivity contribution in [3.63, 3.8) is 0 Å². The fourth-order valence-electron chi connectivity index (χ4n) is 7.87. The van der Waals surface area contributed by atoms with Gasteiger partial charge < -0.3 is 24.8 Å². The molecule has 1 aromatic rings. The van der Waals surface area contributed by atoms with Crippen LogP contribution in [0.3, 0.4) is 0 Å². The number of rotatable bonds is 2. The Kier molecular flexibility index (Phi) is 4.81. The lowest BCUT2D eigenvalue weighted by atomic mass is 9.43. The van der Waals surface area contributed by atoms with Crippen LogP contribution in [0.25, 0.3) is 0 Å². The van der Waals surface area contributed by atoms with Crippen molar-refractivity contribution in [3.05, 3.63) is 22.8 Å². The summed E-state index contributed by atoms with van der Waals surface area (Å²) >= 11 is 0. The van der Waals surface area contributed by atoms with Gasteiger partial charge in [0.15, 0.2) is 0 Å². The highest BCUT2D eigenvalue weighted by molar-refractivity contribution is 5.77. The maximum atomic E-state index is 11.9. The maximum Gasteiger partial charge on any atom is 0.133 e. The van der Waals surface area contributed by atoms with E-state index in [-0.39, 0.29) is 41.3 Å². The number of aliphatic hydroxyl groups is 2. The molecule has 1 spiro atoms. The molecular formula is C26H36O6. The number of carbonyl (C=O) groups is 1. The number of phenolic OH excluding ortho intramolecular Hbond substituents is 1. The van der Waals surface area contributed by atoms with Crippen molar-refractivity contribution in [2.45, 2.75) is 97.2 Å². The Balaban J connectivity index is 1.64. The normalized spacial score (nSPS) is 41.7. The van der Waals surface area contributed by atoms with Crippen molar-refractivity contribution in [1.29, 1.82) is 0 Å². The third kappa shape index (κ3) is 2.72. The van der Waals surface area contributed by atoms with Gasteiger partial charge in [0.25, 0.3) is 0 Å². The van der Waals surface area contributed by atoms with E-state index in [0.29, 0.717) is 25.2 Å². The van der Waals surface area contributed by atoms with Gasteiger partial charge in [-0.05, 0) is 55.1 Å². The number of fused-ring (bicyclic) bond motifs is 5. The number of ketones is 1. The van der Waals surface area contributed by atoms with Crippen molar-refractivity contribution in [2.75, 3.05) is 0 Å². The molecule has 32 heavy (non-hydrogen) atoms. The second-order valence-corrected chi connectivity index (χ2v) is 11.6. The van der Waals surface area contributed by atoms with Crippen LogP contribution in [0.4, 0.5) is 0 Å². The number of phenols is 1. The van der Waals surface area contributed by atoms with E-state index in [1.165, 1.54) is 0 Å². The van der Waals surface area contributed by atoms with Crippen LogP contribution in [-0.4, -0.2) is 38.9 Å². The van der Waals surface area contributed by atoms with E-state index in [1.807, 2.05) is 0 Å². The molecule has 4 aliphatic rings. The zero-order valence-electron chi connectivity index (χ0n) is 19.8. The smallest absolute Gasteiger partial charge is 0.133 e. The summed E-state index contributed by atoms with van der Waals surface area (Å²) in [4.78, 5) is 11.9. The Bertz CT molecular complexity index is 970. The van der Waals surface area contributed by atoms with E-state index in [4.69, 9.17) is 9.47 Å². The average molecular weight is 445 g/mol. The highest BCUT2D eigenvalue weighted by Crippen LogP contribution is 2.67. The number of Topliss-reactive ketones (excluding diaryl/α,β-unsaturated/α-hetero) is 1. The van der Waals surface area contributed by atoms with Crippen LogP contribution in [0.15, 0.2) is 6.07 Å². The average Bonchev–Trinajstić information content (AvgIpc) is 3.27. The molecule has 0 aromatic heterocycles. The molecular weight excluding hydrogens is 408 g/mol. The lowest BCUT2D eigenvalue weighted by molar-refractivity contribution is -0.240. The van der Waals surface area contributed by atoms with Gasteiger partial charge in [0.1, 0.15) is 22.9 Å². The van der Waals surface area contributed by atoms with Gasteiger partial charge >= 0.3 is 0 Å². The minimum atomic E-state index is -0.825. The van der Waals surface area contributed by atoms with Crippen LogP contribution >= 0.6 is 0 Å². The monoisotopic (exact) mass is 444 g/mol. The molecule has 6 nitrogen and oxygen atoms in total. The van der Waals surface area contributed by atoms with Gasteiger partial charge in [-0.1, -0.05) is 27.7 Å². The van der Waals surface area contributed by atoms with Crippen LogP contribution in [0.1, 0.15) is 83.1 Å². The third-order valence-corrected chi connectivity index (χ3v) is 9.52. The highest BCUT2D eigenvalue weighted by atomic mass is 16.5. The number of hydrogen-bond acceptors (Lipinski definition) is 6. The van der Waals surface area contributed by atoms with Gasteiger partial charge in [-0.3, -0.25) is 4.79 Å². The minimum absolute atomic E-state index is 0.0570. The molecule has 7 atom stereocenters. The summed E-state index contributed by atoms with van der Waals surface area (Å²) in [6.07, 6.45) is 1.26. The third-order valence-electron chi connectivity index (χ3n) is 9.52. The van der Waals surface area contributed by atoms with Gasteiger partial charge in [0.2, 0.25) is 0 Å². The van der Waals surface area contributed by atoms with E-state index in [1.54, 1.807) is 13.0 Å².